The number of sulfone groups is 1. The molecular weight excluding hydrogens is 372 g/mol. The Balaban J connectivity index is 1.75. The van der Waals surface area contributed by atoms with E-state index in [0.29, 0.717) is 5.56 Å². The molecule has 0 saturated carbocycles. The highest BCUT2D eigenvalue weighted by molar-refractivity contribution is 7.92. The Morgan fingerprint density at radius 2 is 1.68 bits per heavy atom. The first-order valence-corrected chi connectivity index (χ1v) is 10.9. The first kappa shape index (κ1) is 20.2. The maximum atomic E-state index is 12.5. The van der Waals surface area contributed by atoms with Crippen molar-refractivity contribution in [2.45, 2.75) is 37.0 Å². The van der Waals surface area contributed by atoms with Gasteiger partial charge in [-0.1, -0.05) is 12.1 Å². The van der Waals surface area contributed by atoms with Crippen molar-refractivity contribution in [3.05, 3.63) is 48.2 Å². The van der Waals surface area contributed by atoms with E-state index in [1.54, 1.807) is 33.0 Å². The minimum atomic E-state index is -3.45. The van der Waals surface area contributed by atoms with E-state index in [-0.39, 0.29) is 5.03 Å². The molecule has 1 aliphatic rings. The zero-order valence-electron chi connectivity index (χ0n) is 16.6. The largest absolute Gasteiger partial charge is 0.369 e. The Morgan fingerprint density at radius 3 is 2.32 bits per heavy atom. The van der Waals surface area contributed by atoms with E-state index in [2.05, 4.69) is 20.9 Å². The normalized spacial score (nSPS) is 15.8. The summed E-state index contributed by atoms with van der Waals surface area (Å²) in [5.74, 6) is 0. The molecule has 0 radical (unpaired) electrons. The van der Waals surface area contributed by atoms with E-state index in [4.69, 9.17) is 0 Å². The first-order chi connectivity index (χ1) is 13.2. The minimum absolute atomic E-state index is 0.114. The number of aromatic nitrogens is 1. The molecule has 1 fully saturated rings. The second-order valence-corrected chi connectivity index (χ2v) is 10.6. The fourth-order valence-electron chi connectivity index (χ4n) is 3.29. The molecule has 2 heterocycles. The summed E-state index contributed by atoms with van der Waals surface area (Å²) in [5, 5.41) is 9.47. The molecule has 0 amide bonds. The molecule has 3 rings (SSSR count). The average Bonchev–Trinajstić information content (AvgIpc) is 2.93. The lowest BCUT2D eigenvalue weighted by Crippen LogP contribution is -2.31. The topological polar surface area (TPSA) is 77.3 Å². The molecule has 0 atom stereocenters. The van der Waals surface area contributed by atoms with E-state index in [9.17, 15) is 13.7 Å². The molecule has 1 aromatic heterocycles. The fourth-order valence-corrected chi connectivity index (χ4v) is 4.36. The summed E-state index contributed by atoms with van der Waals surface area (Å²) < 4.78 is 24.2. The van der Waals surface area contributed by atoms with Crippen LogP contribution in [0.4, 0.5) is 11.4 Å². The summed E-state index contributed by atoms with van der Waals surface area (Å²) in [6.07, 6.45) is 2.60. The Kier molecular flexibility index (Phi) is 5.61. The predicted octanol–water partition coefficient (Wildman–Crippen LogP) is 3.24. The maximum absolute atomic E-state index is 12.5. The highest BCUT2D eigenvalue weighted by atomic mass is 32.2. The standard InChI is InChI=1S/C21H26N4O2S/c1-21(2,3)28(26,27)20-10-9-18(16-23-20)24-11-6-12-25(14-13-24)19-8-5-4-7-17(19)15-22/h4-5,7-10,16H,6,11-14H2,1-3H3. The van der Waals surface area contributed by atoms with Crippen LogP contribution in [0.1, 0.15) is 32.8 Å². The van der Waals surface area contributed by atoms with Crippen LogP contribution in [-0.2, 0) is 9.84 Å². The third-order valence-corrected chi connectivity index (χ3v) is 7.43. The summed E-state index contributed by atoms with van der Waals surface area (Å²) in [6.45, 7) is 8.35. The molecule has 1 aliphatic heterocycles. The quantitative estimate of drug-likeness (QED) is 0.790. The molecule has 0 aliphatic carbocycles. The van der Waals surface area contributed by atoms with Crippen molar-refractivity contribution >= 4 is 21.2 Å². The Morgan fingerprint density at radius 1 is 1.00 bits per heavy atom. The number of benzene rings is 1. The van der Waals surface area contributed by atoms with Gasteiger partial charge in [-0.2, -0.15) is 5.26 Å². The highest BCUT2D eigenvalue weighted by Crippen LogP contribution is 2.26. The van der Waals surface area contributed by atoms with E-state index >= 15 is 0 Å². The number of nitrogens with zero attached hydrogens (tertiary/aromatic N) is 4. The molecule has 0 N–H and O–H groups in total. The van der Waals surface area contributed by atoms with Gasteiger partial charge in [-0.3, -0.25) is 0 Å². The fraction of sp³-hybridized carbons (Fsp3) is 0.429. The molecule has 28 heavy (non-hydrogen) atoms. The molecule has 2 aromatic rings. The van der Waals surface area contributed by atoms with Crippen LogP contribution in [0.2, 0.25) is 0 Å². The lowest BCUT2D eigenvalue weighted by molar-refractivity contribution is 0.556. The Hall–Kier alpha value is -2.59. The number of rotatable bonds is 3. The third kappa shape index (κ3) is 3.97. The lowest BCUT2D eigenvalue weighted by Gasteiger charge is -2.25. The monoisotopic (exact) mass is 398 g/mol. The molecule has 7 heteroatoms. The Bertz CT molecular complexity index is 973. The van der Waals surface area contributed by atoms with Crippen LogP contribution in [-0.4, -0.2) is 44.3 Å². The van der Waals surface area contributed by atoms with Crippen molar-refractivity contribution in [3.8, 4) is 6.07 Å². The maximum Gasteiger partial charge on any atom is 0.200 e. The van der Waals surface area contributed by atoms with E-state index in [1.165, 1.54) is 0 Å². The summed E-state index contributed by atoms with van der Waals surface area (Å²) in [7, 11) is -3.45. The van der Waals surface area contributed by atoms with Gasteiger partial charge in [-0.05, 0) is 51.5 Å². The van der Waals surface area contributed by atoms with Crippen LogP contribution in [0, 0.1) is 11.3 Å². The van der Waals surface area contributed by atoms with Gasteiger partial charge in [0, 0.05) is 26.2 Å². The highest BCUT2D eigenvalue weighted by Gasteiger charge is 2.32. The summed E-state index contributed by atoms with van der Waals surface area (Å²) in [5.41, 5.74) is 2.58. The molecule has 6 nitrogen and oxygen atoms in total. The van der Waals surface area contributed by atoms with Crippen LogP contribution in [0.3, 0.4) is 0 Å². The van der Waals surface area contributed by atoms with Gasteiger partial charge in [0.2, 0.25) is 0 Å². The second-order valence-electron chi connectivity index (χ2n) is 7.93. The van der Waals surface area contributed by atoms with Crippen molar-refractivity contribution < 1.29 is 8.42 Å². The van der Waals surface area contributed by atoms with Gasteiger partial charge >= 0.3 is 0 Å². The number of hydrogen-bond donors (Lipinski definition) is 0. The molecule has 1 aromatic carbocycles. The number of anilines is 2. The van der Waals surface area contributed by atoms with Crippen molar-refractivity contribution in [3.63, 3.8) is 0 Å². The van der Waals surface area contributed by atoms with Gasteiger partial charge in [-0.25, -0.2) is 13.4 Å². The Labute approximate surface area is 167 Å². The molecule has 0 unspecified atom stereocenters. The van der Waals surface area contributed by atoms with Crippen LogP contribution >= 0.6 is 0 Å². The number of hydrogen-bond acceptors (Lipinski definition) is 6. The minimum Gasteiger partial charge on any atom is -0.369 e. The zero-order chi connectivity index (χ0) is 20.4. The number of nitriles is 1. The van der Waals surface area contributed by atoms with Gasteiger partial charge < -0.3 is 9.80 Å². The van der Waals surface area contributed by atoms with Crippen LogP contribution in [0.25, 0.3) is 0 Å². The van der Waals surface area contributed by atoms with Crippen molar-refractivity contribution in [1.29, 1.82) is 5.26 Å². The van der Waals surface area contributed by atoms with Crippen molar-refractivity contribution in [2.24, 2.45) is 0 Å². The zero-order valence-corrected chi connectivity index (χ0v) is 17.4. The summed E-state index contributed by atoms with van der Waals surface area (Å²) in [4.78, 5) is 8.70. The third-order valence-electron chi connectivity index (χ3n) is 5.03. The smallest absolute Gasteiger partial charge is 0.200 e. The number of pyridine rings is 1. The molecule has 148 valence electrons. The molecule has 0 bridgehead atoms. The second kappa shape index (κ2) is 7.80. The predicted molar refractivity (Wildman–Crippen MR) is 111 cm³/mol. The average molecular weight is 399 g/mol. The molecular formula is C21H26N4O2S. The SMILES string of the molecule is CC(C)(C)S(=O)(=O)c1ccc(N2CCCN(c3ccccc3C#N)CC2)cn1. The van der Waals surface area contributed by atoms with Gasteiger partial charge in [0.15, 0.2) is 14.9 Å². The van der Waals surface area contributed by atoms with Crippen LogP contribution in [0.15, 0.2) is 47.6 Å². The number of para-hydroxylation sites is 1. The van der Waals surface area contributed by atoms with Crippen LogP contribution < -0.4 is 9.80 Å². The van der Waals surface area contributed by atoms with Crippen molar-refractivity contribution in [2.75, 3.05) is 36.0 Å². The van der Waals surface area contributed by atoms with Gasteiger partial charge in [0.1, 0.15) is 6.07 Å². The molecule has 1 saturated heterocycles. The molecule has 0 spiro atoms. The van der Waals surface area contributed by atoms with Gasteiger partial charge in [0.25, 0.3) is 0 Å². The lowest BCUT2D eigenvalue weighted by atomic mass is 10.1. The summed E-state index contributed by atoms with van der Waals surface area (Å²) in [6, 6.07) is 13.4. The van der Waals surface area contributed by atoms with E-state index < -0.39 is 14.6 Å². The summed E-state index contributed by atoms with van der Waals surface area (Å²) >= 11 is 0. The van der Waals surface area contributed by atoms with E-state index in [1.807, 2.05) is 30.3 Å². The van der Waals surface area contributed by atoms with Crippen molar-refractivity contribution in [1.82, 2.24) is 4.98 Å². The van der Waals surface area contributed by atoms with Gasteiger partial charge in [-0.15, -0.1) is 0 Å². The van der Waals surface area contributed by atoms with Gasteiger partial charge in [0.05, 0.1) is 27.9 Å². The first-order valence-electron chi connectivity index (χ1n) is 9.44. The van der Waals surface area contributed by atoms with E-state index in [0.717, 1.165) is 44.0 Å². The van der Waals surface area contributed by atoms with Crippen LogP contribution in [0.5, 0.6) is 0 Å².